The molecule has 7 heteroatoms. The second-order valence-corrected chi connectivity index (χ2v) is 5.21. The molecule has 0 unspecified atom stereocenters. The Morgan fingerprint density at radius 2 is 1.95 bits per heavy atom. The molecule has 0 spiro atoms. The van der Waals surface area contributed by atoms with Gasteiger partial charge in [0, 0.05) is 23.4 Å². The fourth-order valence-electron chi connectivity index (χ4n) is 1.57. The van der Waals surface area contributed by atoms with Crippen molar-refractivity contribution in [3.63, 3.8) is 0 Å². The van der Waals surface area contributed by atoms with E-state index in [4.69, 9.17) is 0 Å². The lowest BCUT2D eigenvalue weighted by molar-refractivity contribution is -0.139. The van der Waals surface area contributed by atoms with Gasteiger partial charge in [0.1, 0.15) is 0 Å². The maximum Gasteiger partial charge on any atom is 0.329 e. The van der Waals surface area contributed by atoms with Crippen LogP contribution in [0.2, 0.25) is 0 Å². The number of pyridine rings is 1. The topological polar surface area (TPSA) is 83.5 Å². The number of hydrogen-bond acceptors (Lipinski definition) is 4. The third-order valence-corrected chi connectivity index (χ3v) is 3.13. The van der Waals surface area contributed by atoms with Gasteiger partial charge in [0.15, 0.2) is 0 Å². The van der Waals surface area contributed by atoms with Gasteiger partial charge < -0.3 is 5.32 Å². The zero-order chi connectivity index (χ0) is 15.8. The summed E-state index contributed by atoms with van der Waals surface area (Å²) in [5, 5.41) is 6.24. The van der Waals surface area contributed by atoms with Crippen molar-refractivity contribution in [1.82, 2.24) is 15.7 Å². The second-order valence-electron chi connectivity index (χ2n) is 4.29. The zero-order valence-electron chi connectivity index (χ0n) is 11.5. The Labute approximate surface area is 135 Å². The van der Waals surface area contributed by atoms with Crippen LogP contribution in [0.5, 0.6) is 0 Å². The monoisotopic (exact) mass is 360 g/mol. The Morgan fingerprint density at radius 3 is 2.68 bits per heavy atom. The molecule has 22 heavy (non-hydrogen) atoms. The van der Waals surface area contributed by atoms with E-state index in [2.05, 4.69) is 36.8 Å². The zero-order valence-corrected chi connectivity index (χ0v) is 13.1. The summed E-state index contributed by atoms with van der Waals surface area (Å²) in [6, 6.07) is 10.9. The maximum atomic E-state index is 11.6. The van der Waals surface area contributed by atoms with E-state index in [1.54, 1.807) is 24.5 Å². The summed E-state index contributed by atoms with van der Waals surface area (Å²) < 4.78 is 0.901. The van der Waals surface area contributed by atoms with Crippen LogP contribution in [0, 0.1) is 0 Å². The minimum atomic E-state index is -0.819. The van der Waals surface area contributed by atoms with E-state index >= 15 is 0 Å². The van der Waals surface area contributed by atoms with Crippen LogP contribution in [0.25, 0.3) is 0 Å². The summed E-state index contributed by atoms with van der Waals surface area (Å²) in [5.41, 5.74) is 3.83. The summed E-state index contributed by atoms with van der Waals surface area (Å²) in [4.78, 5) is 27.0. The van der Waals surface area contributed by atoms with E-state index in [9.17, 15) is 9.59 Å². The molecule has 1 aromatic carbocycles. The number of carbonyl (C=O) groups excluding carboxylic acids is 2. The lowest BCUT2D eigenvalue weighted by Gasteiger charge is -2.03. The number of aromatic nitrogens is 1. The van der Waals surface area contributed by atoms with E-state index in [1.807, 2.05) is 24.3 Å². The molecule has 6 nitrogen and oxygen atoms in total. The average molecular weight is 361 g/mol. The lowest BCUT2D eigenvalue weighted by Crippen LogP contribution is -2.37. The van der Waals surface area contributed by atoms with E-state index in [-0.39, 0.29) is 6.54 Å². The van der Waals surface area contributed by atoms with Crippen molar-refractivity contribution in [3.05, 3.63) is 64.4 Å². The van der Waals surface area contributed by atoms with Gasteiger partial charge >= 0.3 is 11.8 Å². The number of benzene rings is 1. The molecule has 0 radical (unpaired) electrons. The van der Waals surface area contributed by atoms with E-state index < -0.39 is 11.8 Å². The van der Waals surface area contributed by atoms with Crippen molar-refractivity contribution in [3.8, 4) is 0 Å². The third-order valence-electron chi connectivity index (χ3n) is 2.64. The molecule has 0 fully saturated rings. The van der Waals surface area contributed by atoms with Gasteiger partial charge in [0.25, 0.3) is 0 Å². The highest BCUT2D eigenvalue weighted by Crippen LogP contribution is 2.09. The molecule has 0 atom stereocenters. The molecule has 2 amide bonds. The number of amides is 2. The van der Waals surface area contributed by atoms with Crippen molar-refractivity contribution in [1.29, 1.82) is 0 Å². The van der Waals surface area contributed by atoms with Gasteiger partial charge in [0.2, 0.25) is 0 Å². The van der Waals surface area contributed by atoms with E-state index in [1.165, 1.54) is 6.21 Å². The van der Waals surface area contributed by atoms with Crippen LogP contribution in [0.15, 0.2) is 58.4 Å². The largest absolute Gasteiger partial charge is 0.344 e. The Hall–Kier alpha value is -2.54. The smallest absolute Gasteiger partial charge is 0.329 e. The summed E-state index contributed by atoms with van der Waals surface area (Å²) in [6.45, 7) is 0.254. The average Bonchev–Trinajstić information content (AvgIpc) is 2.53. The van der Waals surface area contributed by atoms with E-state index in [0.717, 1.165) is 15.6 Å². The Balaban J connectivity index is 1.80. The first-order valence-electron chi connectivity index (χ1n) is 6.41. The number of halogens is 1. The van der Waals surface area contributed by atoms with Gasteiger partial charge in [-0.3, -0.25) is 14.6 Å². The quantitative estimate of drug-likeness (QED) is 0.493. The van der Waals surface area contributed by atoms with Gasteiger partial charge in [-0.05, 0) is 35.4 Å². The third kappa shape index (κ3) is 5.10. The standard InChI is InChI=1S/C15H13BrN4O2/c16-13-3-1-2-12(8-13)10-19-20-15(22)14(21)18-9-11-4-6-17-7-5-11/h1-8,10H,9H2,(H,18,21)(H,20,22)/b19-10-. The molecule has 2 rings (SSSR count). The number of hydrazone groups is 1. The number of nitrogens with zero attached hydrogens (tertiary/aromatic N) is 2. The predicted molar refractivity (Wildman–Crippen MR) is 86.0 cm³/mol. The maximum absolute atomic E-state index is 11.6. The SMILES string of the molecule is O=C(NCc1ccncc1)C(=O)N/N=C\c1cccc(Br)c1. The van der Waals surface area contributed by atoms with Crippen LogP contribution in [0.4, 0.5) is 0 Å². The summed E-state index contributed by atoms with van der Waals surface area (Å²) >= 11 is 3.33. The van der Waals surface area contributed by atoms with Crippen LogP contribution < -0.4 is 10.7 Å². The van der Waals surface area contributed by atoms with Crippen LogP contribution >= 0.6 is 15.9 Å². The van der Waals surface area contributed by atoms with Gasteiger partial charge in [-0.15, -0.1) is 0 Å². The van der Waals surface area contributed by atoms with E-state index in [0.29, 0.717) is 0 Å². The fraction of sp³-hybridized carbons (Fsp3) is 0.0667. The normalized spacial score (nSPS) is 10.4. The molecule has 1 heterocycles. The van der Waals surface area contributed by atoms with Crippen LogP contribution in [-0.4, -0.2) is 23.0 Å². The highest BCUT2D eigenvalue weighted by Gasteiger charge is 2.11. The highest BCUT2D eigenvalue weighted by molar-refractivity contribution is 9.10. The second kappa shape index (κ2) is 8.04. The number of rotatable bonds is 4. The van der Waals surface area contributed by atoms with Gasteiger partial charge in [-0.2, -0.15) is 5.10 Å². The molecule has 1 aromatic heterocycles. The first-order chi connectivity index (χ1) is 10.6. The number of hydrogen-bond donors (Lipinski definition) is 2. The molecular formula is C15H13BrN4O2. The molecule has 0 aliphatic rings. The lowest BCUT2D eigenvalue weighted by atomic mass is 10.2. The van der Waals surface area contributed by atoms with Gasteiger partial charge in [0.05, 0.1) is 6.21 Å². The first-order valence-corrected chi connectivity index (χ1v) is 7.20. The summed E-state index contributed by atoms with van der Waals surface area (Å²) in [6.07, 6.45) is 4.69. The number of nitrogens with one attached hydrogen (secondary N) is 2. The Morgan fingerprint density at radius 1 is 1.18 bits per heavy atom. The van der Waals surface area contributed by atoms with Crippen molar-refractivity contribution >= 4 is 34.0 Å². The Bertz CT molecular complexity index is 689. The minimum Gasteiger partial charge on any atom is -0.344 e. The molecule has 112 valence electrons. The van der Waals surface area contributed by atoms with Crippen molar-refractivity contribution in [2.75, 3.05) is 0 Å². The van der Waals surface area contributed by atoms with Crippen molar-refractivity contribution in [2.45, 2.75) is 6.54 Å². The molecule has 0 bridgehead atoms. The molecule has 0 aliphatic carbocycles. The van der Waals surface area contributed by atoms with Crippen LogP contribution in [0.1, 0.15) is 11.1 Å². The van der Waals surface area contributed by atoms with Gasteiger partial charge in [-0.25, -0.2) is 5.43 Å². The van der Waals surface area contributed by atoms with Crippen molar-refractivity contribution in [2.24, 2.45) is 5.10 Å². The molecule has 0 saturated carbocycles. The molecule has 2 aromatic rings. The molecule has 2 N–H and O–H groups in total. The number of carbonyl (C=O) groups is 2. The first kappa shape index (κ1) is 15.8. The Kier molecular flexibility index (Phi) is 5.79. The van der Waals surface area contributed by atoms with Crippen LogP contribution in [-0.2, 0) is 16.1 Å². The molecular weight excluding hydrogens is 348 g/mol. The van der Waals surface area contributed by atoms with Gasteiger partial charge in [-0.1, -0.05) is 28.1 Å². The van der Waals surface area contributed by atoms with Crippen LogP contribution in [0.3, 0.4) is 0 Å². The fourth-order valence-corrected chi connectivity index (χ4v) is 1.98. The summed E-state index contributed by atoms with van der Waals surface area (Å²) in [7, 11) is 0. The summed E-state index contributed by atoms with van der Waals surface area (Å²) in [5.74, 6) is -1.57. The predicted octanol–water partition coefficient (Wildman–Crippen LogP) is 1.61. The molecule has 0 saturated heterocycles. The highest BCUT2D eigenvalue weighted by atomic mass is 79.9. The van der Waals surface area contributed by atoms with Crippen molar-refractivity contribution < 1.29 is 9.59 Å². The molecule has 0 aliphatic heterocycles. The minimum absolute atomic E-state index is 0.254.